The second kappa shape index (κ2) is 5.09. The maximum Gasteiger partial charge on any atom is 0.155 e. The van der Waals surface area contributed by atoms with Gasteiger partial charge in [-0.15, -0.1) is 11.6 Å². The van der Waals surface area contributed by atoms with Crippen LogP contribution in [0.2, 0.25) is 0 Å². The van der Waals surface area contributed by atoms with Gasteiger partial charge in [0.25, 0.3) is 0 Å². The van der Waals surface area contributed by atoms with Gasteiger partial charge in [0.2, 0.25) is 0 Å². The van der Waals surface area contributed by atoms with E-state index in [1.807, 2.05) is 0 Å². The molecule has 0 aromatic heterocycles. The van der Waals surface area contributed by atoms with Gasteiger partial charge in [0, 0.05) is 6.20 Å². The van der Waals surface area contributed by atoms with Crippen molar-refractivity contribution in [1.29, 1.82) is 0 Å². The molecular formula is C11H15ClFN3O3. The van der Waals surface area contributed by atoms with Crippen LogP contribution in [0.15, 0.2) is 29.7 Å². The molecule has 8 heteroatoms. The van der Waals surface area contributed by atoms with Crippen molar-refractivity contribution in [1.82, 2.24) is 4.90 Å². The molecule has 4 atom stereocenters. The molecule has 0 spiro atoms. The smallest absolute Gasteiger partial charge is 0.155 e. The van der Waals surface area contributed by atoms with Gasteiger partial charge in [-0.3, -0.25) is 0 Å². The Morgan fingerprint density at radius 3 is 2.84 bits per heavy atom. The first-order valence-corrected chi connectivity index (χ1v) is 6.05. The summed E-state index contributed by atoms with van der Waals surface area (Å²) in [4.78, 5) is 5.36. The third kappa shape index (κ3) is 2.23. The van der Waals surface area contributed by atoms with E-state index in [1.165, 1.54) is 17.2 Å². The van der Waals surface area contributed by atoms with E-state index in [0.717, 1.165) is 0 Å². The molecule has 106 valence electrons. The quantitative estimate of drug-likeness (QED) is 0.619. The fourth-order valence-corrected chi connectivity index (χ4v) is 2.44. The van der Waals surface area contributed by atoms with Gasteiger partial charge in [-0.1, -0.05) is 6.58 Å². The number of alkyl halides is 2. The van der Waals surface area contributed by atoms with Gasteiger partial charge < -0.3 is 25.6 Å². The third-order valence-corrected chi connectivity index (χ3v) is 3.65. The van der Waals surface area contributed by atoms with Gasteiger partial charge >= 0.3 is 0 Å². The summed E-state index contributed by atoms with van der Waals surface area (Å²) in [6, 6.07) is 0. The van der Waals surface area contributed by atoms with Crippen molar-refractivity contribution in [3.05, 3.63) is 24.7 Å². The average Bonchev–Trinajstić information content (AvgIpc) is 2.64. The number of halogens is 2. The van der Waals surface area contributed by atoms with Crippen LogP contribution in [0.5, 0.6) is 0 Å². The average molecular weight is 292 g/mol. The van der Waals surface area contributed by atoms with E-state index < -0.39 is 36.6 Å². The summed E-state index contributed by atoms with van der Waals surface area (Å²) in [5, 5.41) is 18.2. The van der Waals surface area contributed by atoms with Crippen LogP contribution in [0.25, 0.3) is 0 Å². The van der Waals surface area contributed by atoms with Crippen molar-refractivity contribution in [3.8, 4) is 0 Å². The fourth-order valence-electron chi connectivity index (χ4n) is 2.03. The lowest BCUT2D eigenvalue weighted by Crippen LogP contribution is -2.47. The van der Waals surface area contributed by atoms with Crippen LogP contribution in [0.4, 0.5) is 4.39 Å². The maximum absolute atomic E-state index is 13.1. The second-order valence-corrected chi connectivity index (χ2v) is 4.93. The number of aliphatic imine (C=N–C) groups is 1. The maximum atomic E-state index is 13.1. The van der Waals surface area contributed by atoms with E-state index in [-0.39, 0.29) is 11.7 Å². The monoisotopic (exact) mass is 291 g/mol. The first-order chi connectivity index (χ1) is 8.95. The Kier molecular flexibility index (Phi) is 3.82. The van der Waals surface area contributed by atoms with Crippen LogP contribution in [0, 0.1) is 0 Å². The predicted molar refractivity (Wildman–Crippen MR) is 68.1 cm³/mol. The van der Waals surface area contributed by atoms with E-state index in [0.29, 0.717) is 0 Å². The van der Waals surface area contributed by atoms with Crippen molar-refractivity contribution in [2.24, 2.45) is 10.7 Å². The summed E-state index contributed by atoms with van der Waals surface area (Å²) in [5.74, 6) is 0.528. The highest BCUT2D eigenvalue weighted by molar-refractivity contribution is 6.21. The first kappa shape index (κ1) is 14.3. The molecule has 0 bridgehead atoms. The number of aliphatic hydroxyl groups excluding tert-OH is 2. The van der Waals surface area contributed by atoms with Gasteiger partial charge in [0.05, 0.1) is 6.61 Å². The van der Waals surface area contributed by atoms with Gasteiger partial charge in [-0.2, -0.15) is 0 Å². The molecule has 2 aliphatic rings. The predicted octanol–water partition coefficient (Wildman–Crippen LogP) is -0.331. The van der Waals surface area contributed by atoms with E-state index >= 15 is 0 Å². The molecule has 0 aliphatic carbocycles. The topological polar surface area (TPSA) is 91.3 Å². The lowest BCUT2D eigenvalue weighted by molar-refractivity contribution is -0.142. The number of rotatable bonds is 3. The van der Waals surface area contributed by atoms with Crippen molar-refractivity contribution < 1.29 is 19.3 Å². The fraction of sp³-hybridized carbons (Fsp3) is 0.545. The normalized spacial score (nSPS) is 38.7. The van der Waals surface area contributed by atoms with Crippen LogP contribution in [0.1, 0.15) is 0 Å². The summed E-state index contributed by atoms with van der Waals surface area (Å²) < 4.78 is 18.5. The van der Waals surface area contributed by atoms with Crippen LogP contribution in [-0.2, 0) is 4.74 Å². The zero-order valence-corrected chi connectivity index (χ0v) is 10.8. The zero-order chi connectivity index (χ0) is 14.2. The number of nitrogens with zero attached hydrogens (tertiary/aromatic N) is 2. The highest BCUT2D eigenvalue weighted by atomic mass is 35.5. The number of hydrogen-bond acceptors (Lipinski definition) is 6. The van der Waals surface area contributed by atoms with Crippen molar-refractivity contribution in [2.75, 3.05) is 13.3 Å². The molecule has 2 aliphatic heterocycles. The van der Waals surface area contributed by atoms with Gasteiger partial charge in [-0.05, 0) is 6.08 Å². The van der Waals surface area contributed by atoms with E-state index in [2.05, 4.69) is 11.6 Å². The van der Waals surface area contributed by atoms with Crippen molar-refractivity contribution in [2.45, 2.75) is 23.3 Å². The number of ether oxygens (including phenoxy) is 1. The van der Waals surface area contributed by atoms with Crippen molar-refractivity contribution >= 4 is 17.4 Å². The highest BCUT2D eigenvalue weighted by Crippen LogP contribution is 2.38. The molecule has 1 fully saturated rings. The Bertz CT molecular complexity index is 439. The minimum Gasteiger partial charge on any atom is -0.393 e. The van der Waals surface area contributed by atoms with Crippen LogP contribution in [0.3, 0.4) is 0 Å². The minimum atomic E-state index is -1.72. The zero-order valence-electron chi connectivity index (χ0n) is 10.0. The summed E-state index contributed by atoms with van der Waals surface area (Å²) in [5.41, 5.74) is 3.78. The Balaban J connectivity index is 2.24. The Labute approximate surface area is 114 Å². The van der Waals surface area contributed by atoms with E-state index in [9.17, 15) is 14.6 Å². The second-order valence-electron chi connectivity index (χ2n) is 4.43. The van der Waals surface area contributed by atoms with E-state index in [4.69, 9.17) is 22.1 Å². The first-order valence-electron chi connectivity index (χ1n) is 5.61. The minimum absolute atomic E-state index is 0.260. The molecule has 2 heterocycles. The van der Waals surface area contributed by atoms with Gasteiger partial charge in [0.15, 0.2) is 6.23 Å². The molecule has 0 radical (unpaired) electrons. The Hall–Kier alpha value is -1.15. The molecule has 0 aromatic carbocycles. The molecule has 4 N–H and O–H groups in total. The number of amidine groups is 1. The largest absolute Gasteiger partial charge is 0.393 e. The molecule has 0 amide bonds. The lowest BCUT2D eigenvalue weighted by atomic mass is 9.99. The summed E-state index contributed by atoms with van der Waals surface area (Å²) in [6.45, 7) is 1.94. The SMILES string of the molecule is C=C1N=C(N)C=CN1[C@@H]1O[C@@](CO)(CF)[C@@H](O)[C@@H]1Cl. The standard InChI is InChI=1S/C11H15ClFN3O3/c1-6-15-7(14)2-3-16(6)10-8(12)9(18)11(4-13,5-17)19-10/h2-3,8-10,17-18H,1,4-5H2,(H2,14,15)/t8-,9-,10+,11+/m0/s1. The van der Waals surface area contributed by atoms with E-state index in [1.54, 1.807) is 0 Å². The van der Waals surface area contributed by atoms with Crippen LogP contribution in [-0.4, -0.2) is 57.5 Å². The van der Waals surface area contributed by atoms with Crippen LogP contribution >= 0.6 is 11.6 Å². The van der Waals surface area contributed by atoms with Gasteiger partial charge in [-0.25, -0.2) is 9.38 Å². The molecular weight excluding hydrogens is 277 g/mol. The molecule has 2 rings (SSSR count). The third-order valence-electron chi connectivity index (χ3n) is 3.20. The molecule has 0 saturated carbocycles. The van der Waals surface area contributed by atoms with Crippen molar-refractivity contribution in [3.63, 3.8) is 0 Å². The molecule has 1 saturated heterocycles. The van der Waals surface area contributed by atoms with Gasteiger partial charge in [0.1, 0.15) is 35.4 Å². The number of nitrogens with two attached hydrogens (primary N) is 1. The molecule has 6 nitrogen and oxygen atoms in total. The highest BCUT2D eigenvalue weighted by Gasteiger charge is 2.56. The molecule has 19 heavy (non-hydrogen) atoms. The molecule has 0 aromatic rings. The molecule has 0 unspecified atom stereocenters. The Morgan fingerprint density at radius 1 is 1.68 bits per heavy atom. The summed E-state index contributed by atoms with van der Waals surface area (Å²) in [6.07, 6.45) is 0.796. The number of aliphatic hydroxyl groups is 2. The summed E-state index contributed by atoms with van der Waals surface area (Å²) in [7, 11) is 0. The number of hydrogen-bond donors (Lipinski definition) is 3. The Morgan fingerprint density at radius 2 is 2.37 bits per heavy atom. The summed E-state index contributed by atoms with van der Waals surface area (Å²) >= 11 is 6.06. The lowest BCUT2D eigenvalue weighted by Gasteiger charge is -2.31. The van der Waals surface area contributed by atoms with Crippen LogP contribution < -0.4 is 5.73 Å².